The van der Waals surface area contributed by atoms with E-state index >= 15 is 0 Å². The molecule has 0 bridgehead atoms. The Morgan fingerprint density at radius 1 is 0.891 bits per heavy atom. The Hall–Kier alpha value is -3.78. The maximum atomic E-state index is 13.4. The molecule has 306 valence electrons. The van der Waals surface area contributed by atoms with E-state index in [1.807, 2.05) is 0 Å². The average molecular weight is 846 g/mol. The zero-order valence-electron chi connectivity index (χ0n) is 29.3. The molecule has 0 radical (unpaired) electrons. The van der Waals surface area contributed by atoms with Gasteiger partial charge in [0.1, 0.15) is 42.9 Å². The lowest BCUT2D eigenvalue weighted by molar-refractivity contribution is -0.301. The van der Waals surface area contributed by atoms with E-state index in [1.165, 1.54) is 10.9 Å². The lowest BCUT2D eigenvalue weighted by Gasteiger charge is -2.45. The SMILES string of the molecule is CC(=O)OC[C@@H](OC(C)=O)C1O[C@@H](OP(=O)(O)OP(O)(=S)OC[C@H]2O[C@@H](n3cnc4c(N)ncnc43)[C@@H](O)[C@H]2O)C(OC(C)=O)C(OC(C)=O)[C@@H]1OC(C)=O. The third-order valence-electron chi connectivity index (χ3n) is 7.42. The van der Waals surface area contributed by atoms with Crippen molar-refractivity contribution < 1.29 is 95.1 Å². The summed E-state index contributed by atoms with van der Waals surface area (Å²) in [6.45, 7) is -1.80. The molecule has 0 aliphatic carbocycles. The summed E-state index contributed by atoms with van der Waals surface area (Å²) in [6.07, 6.45) is -15.4. The van der Waals surface area contributed by atoms with E-state index in [2.05, 4.69) is 15.0 Å². The molecule has 5 unspecified atom stereocenters. The predicted octanol–water partition coefficient (Wildman–Crippen LogP) is -1.59. The number of phosphoric acid groups is 1. The smallest absolute Gasteiger partial charge is 0.462 e. The molecule has 0 amide bonds. The van der Waals surface area contributed by atoms with Crippen LogP contribution in [0.5, 0.6) is 0 Å². The Kier molecular flexibility index (Phi) is 14.4. The zero-order valence-corrected chi connectivity index (χ0v) is 31.9. The van der Waals surface area contributed by atoms with Crippen molar-refractivity contribution >= 4 is 73.2 Å². The van der Waals surface area contributed by atoms with Crippen molar-refractivity contribution in [2.75, 3.05) is 18.9 Å². The Labute approximate surface area is 315 Å². The zero-order chi connectivity index (χ0) is 41.0. The minimum absolute atomic E-state index is 0.0242. The number of imidazole rings is 1. The molecule has 4 rings (SSSR count). The largest absolute Gasteiger partial charge is 0.481 e. The number of aromatic nitrogens is 4. The molecule has 0 aromatic carbocycles. The first-order valence-corrected chi connectivity index (χ1v) is 19.8. The number of nitrogens with zero attached hydrogens (tertiary/aromatic N) is 4. The van der Waals surface area contributed by atoms with Gasteiger partial charge in [-0.15, -0.1) is 0 Å². The Morgan fingerprint density at radius 3 is 2.11 bits per heavy atom. The van der Waals surface area contributed by atoms with Gasteiger partial charge in [0.2, 0.25) is 6.29 Å². The van der Waals surface area contributed by atoms with Crippen molar-refractivity contribution in [2.24, 2.45) is 0 Å². The van der Waals surface area contributed by atoms with E-state index < -0.39 is 119 Å². The van der Waals surface area contributed by atoms with Gasteiger partial charge >= 0.3 is 44.4 Å². The number of nitrogen functional groups attached to an aromatic ring is 1. The first-order chi connectivity index (χ1) is 25.6. The summed E-state index contributed by atoms with van der Waals surface area (Å²) in [5.74, 6) is -5.00. The number of rotatable bonds is 15. The molecule has 28 heteroatoms. The van der Waals surface area contributed by atoms with Gasteiger partial charge in [0.15, 0.2) is 42.1 Å². The number of nitrogens with two attached hydrogens (primary N) is 1. The standard InChI is InChI=1S/C27H37N5O20P2S/c1-10(33)43-6-16(45-11(2)34)20-21(46-12(3)35)22(47-13(4)36)23(48-14(5)37)27(50-20)51-53(40,41)52-54(42,55)44-7-15-18(38)19(39)26(49-15)32-9-31-17-24(28)29-8-30-25(17)32/h8-9,15-16,18-23,26-27,38-39H,6-7H2,1-5H3,(H,40,41)(H,42,55)(H2,28,29,30)/t15-,16-,18+,19+,20?,21-,22?,23?,26-,27+,54?/m1/s1. The highest BCUT2D eigenvalue weighted by Gasteiger charge is 2.57. The molecule has 2 aromatic rings. The molecule has 2 aliphatic rings. The van der Waals surface area contributed by atoms with Gasteiger partial charge in [-0.05, 0) is 11.8 Å². The van der Waals surface area contributed by atoms with Crippen molar-refractivity contribution in [3.63, 3.8) is 0 Å². The predicted molar refractivity (Wildman–Crippen MR) is 178 cm³/mol. The van der Waals surface area contributed by atoms with Gasteiger partial charge in [-0.25, -0.2) is 23.8 Å². The van der Waals surface area contributed by atoms with Crippen molar-refractivity contribution in [1.82, 2.24) is 19.5 Å². The summed E-state index contributed by atoms with van der Waals surface area (Å²) < 4.78 is 66.9. The average Bonchev–Trinajstić information content (AvgIpc) is 3.60. The molecule has 55 heavy (non-hydrogen) atoms. The van der Waals surface area contributed by atoms with E-state index in [1.54, 1.807) is 0 Å². The molecular weight excluding hydrogens is 808 g/mol. The van der Waals surface area contributed by atoms with Crippen LogP contribution in [0, 0.1) is 0 Å². The van der Waals surface area contributed by atoms with E-state index in [0.717, 1.165) is 40.9 Å². The second-order valence-electron chi connectivity index (χ2n) is 11.7. The minimum atomic E-state index is -5.74. The van der Waals surface area contributed by atoms with Crippen LogP contribution in [-0.4, -0.2) is 138 Å². The van der Waals surface area contributed by atoms with Crippen molar-refractivity contribution in [3.05, 3.63) is 12.7 Å². The number of carbonyl (C=O) groups is 5. The molecule has 0 saturated carbocycles. The third kappa shape index (κ3) is 11.4. The number of fused-ring (bicyclic) bond motifs is 1. The van der Waals surface area contributed by atoms with Crippen LogP contribution in [-0.2, 0) is 86.9 Å². The summed E-state index contributed by atoms with van der Waals surface area (Å²) in [7, 11) is -5.74. The minimum Gasteiger partial charge on any atom is -0.462 e. The number of anilines is 1. The van der Waals surface area contributed by atoms with Gasteiger partial charge in [-0.2, -0.15) is 0 Å². The molecule has 25 nitrogen and oxygen atoms in total. The quantitative estimate of drug-likeness (QED) is 0.0766. The van der Waals surface area contributed by atoms with Crippen molar-refractivity contribution in [3.8, 4) is 0 Å². The number of esters is 5. The summed E-state index contributed by atoms with van der Waals surface area (Å²) in [5.41, 5.74) is 6.10. The summed E-state index contributed by atoms with van der Waals surface area (Å²) in [6, 6.07) is 0. The lowest BCUT2D eigenvalue weighted by Crippen LogP contribution is -2.65. The fourth-order valence-corrected chi connectivity index (χ4v) is 8.52. The van der Waals surface area contributed by atoms with Crippen LogP contribution in [0.25, 0.3) is 11.2 Å². The molecule has 2 fully saturated rings. The second-order valence-corrected chi connectivity index (χ2v) is 16.1. The first kappa shape index (κ1) is 43.9. The highest BCUT2D eigenvalue weighted by Crippen LogP contribution is 2.62. The van der Waals surface area contributed by atoms with E-state index in [0.29, 0.717) is 0 Å². The fraction of sp³-hybridized carbons (Fsp3) is 0.630. The van der Waals surface area contributed by atoms with E-state index in [4.69, 9.17) is 64.1 Å². The van der Waals surface area contributed by atoms with Crippen LogP contribution in [0.2, 0.25) is 0 Å². The number of ether oxygens (including phenoxy) is 7. The van der Waals surface area contributed by atoms with Crippen molar-refractivity contribution in [2.45, 2.75) is 96.0 Å². The van der Waals surface area contributed by atoms with Crippen LogP contribution in [0.4, 0.5) is 5.82 Å². The number of carbonyl (C=O) groups excluding carboxylic acids is 5. The van der Waals surface area contributed by atoms with Gasteiger partial charge in [0, 0.05) is 34.6 Å². The molecule has 4 heterocycles. The molecule has 0 spiro atoms. The van der Waals surface area contributed by atoms with E-state index in [9.17, 15) is 48.5 Å². The molecule has 2 saturated heterocycles. The number of phosphoric ester groups is 1. The maximum Gasteiger partial charge on any atom is 0.481 e. The Balaban J connectivity index is 1.57. The van der Waals surface area contributed by atoms with Gasteiger partial charge in [0.25, 0.3) is 0 Å². The van der Waals surface area contributed by atoms with Crippen molar-refractivity contribution in [1.29, 1.82) is 0 Å². The number of aliphatic hydroxyl groups is 2. The summed E-state index contributed by atoms with van der Waals surface area (Å²) in [5, 5.41) is 21.3. The first-order valence-electron chi connectivity index (χ1n) is 15.7. The molecule has 2 aliphatic heterocycles. The highest BCUT2D eigenvalue weighted by molar-refractivity contribution is 8.08. The molecule has 6 N–H and O–H groups in total. The maximum absolute atomic E-state index is 13.4. The third-order valence-corrected chi connectivity index (χ3v) is 10.9. The normalized spacial score (nSPS) is 29.3. The molecule has 2 aromatic heterocycles. The van der Waals surface area contributed by atoms with Gasteiger partial charge in [-0.1, -0.05) is 0 Å². The monoisotopic (exact) mass is 845 g/mol. The summed E-state index contributed by atoms with van der Waals surface area (Å²) in [4.78, 5) is 93.7. The highest BCUT2D eigenvalue weighted by atomic mass is 32.5. The van der Waals surface area contributed by atoms with Crippen LogP contribution in [0.15, 0.2) is 12.7 Å². The molecule has 12 atom stereocenters. The van der Waals surface area contributed by atoms with Gasteiger partial charge in [0.05, 0.1) is 12.9 Å². The topological polar surface area (TPSA) is 345 Å². The van der Waals surface area contributed by atoms with Crippen LogP contribution in [0.3, 0.4) is 0 Å². The van der Waals surface area contributed by atoms with Crippen LogP contribution >= 0.6 is 14.5 Å². The van der Waals surface area contributed by atoms with Crippen LogP contribution in [0.1, 0.15) is 40.8 Å². The Morgan fingerprint density at radius 2 is 1.51 bits per heavy atom. The van der Waals surface area contributed by atoms with Gasteiger partial charge in [-0.3, -0.25) is 33.1 Å². The number of aliphatic hydroxyl groups excluding tert-OH is 2. The lowest BCUT2D eigenvalue weighted by atomic mass is 9.94. The number of hydrogen-bond donors (Lipinski definition) is 5. The second kappa shape index (κ2) is 18.0. The number of hydrogen-bond acceptors (Lipinski definition) is 23. The molecular formula is C27H37N5O20P2S. The Bertz CT molecular complexity index is 1870. The summed E-state index contributed by atoms with van der Waals surface area (Å²) >= 11 is 4.87. The fourth-order valence-electron chi connectivity index (χ4n) is 5.42. The van der Waals surface area contributed by atoms with Crippen LogP contribution < -0.4 is 5.73 Å². The van der Waals surface area contributed by atoms with E-state index in [-0.39, 0.29) is 17.0 Å². The van der Waals surface area contributed by atoms with Gasteiger partial charge < -0.3 is 63.4 Å².